The molecular formula is C14H19BrN2O. The van der Waals surface area contributed by atoms with Crippen molar-refractivity contribution < 1.29 is 4.79 Å². The average molecular weight is 311 g/mol. The molecule has 2 rings (SSSR count). The van der Waals surface area contributed by atoms with E-state index in [1.165, 1.54) is 0 Å². The standard InChI is InChI=1S/C14H19BrN2O/c1-14(10-16)8-4-5-9-17(14)13(18)11-6-2-3-7-12(11)15/h2-3,6-7H,4-5,8-10,16H2,1H3. The van der Waals surface area contributed by atoms with Gasteiger partial charge >= 0.3 is 0 Å². The van der Waals surface area contributed by atoms with Crippen LogP contribution in [0, 0.1) is 0 Å². The number of benzene rings is 1. The molecule has 4 heteroatoms. The van der Waals surface area contributed by atoms with Crippen LogP contribution < -0.4 is 5.73 Å². The van der Waals surface area contributed by atoms with E-state index in [2.05, 4.69) is 22.9 Å². The first-order valence-corrected chi connectivity index (χ1v) is 7.14. The minimum absolute atomic E-state index is 0.0788. The van der Waals surface area contributed by atoms with Gasteiger partial charge in [0, 0.05) is 17.6 Å². The number of nitrogens with two attached hydrogens (primary N) is 1. The van der Waals surface area contributed by atoms with E-state index in [0.29, 0.717) is 6.54 Å². The maximum absolute atomic E-state index is 12.6. The van der Waals surface area contributed by atoms with Crippen molar-refractivity contribution in [3.63, 3.8) is 0 Å². The molecule has 1 amide bonds. The average Bonchev–Trinajstić information content (AvgIpc) is 2.39. The van der Waals surface area contributed by atoms with Gasteiger partial charge in [0.25, 0.3) is 5.91 Å². The van der Waals surface area contributed by atoms with Gasteiger partial charge < -0.3 is 10.6 Å². The molecule has 0 aliphatic carbocycles. The van der Waals surface area contributed by atoms with E-state index in [4.69, 9.17) is 5.73 Å². The monoisotopic (exact) mass is 310 g/mol. The van der Waals surface area contributed by atoms with Crippen LogP contribution in [0.5, 0.6) is 0 Å². The van der Waals surface area contributed by atoms with Gasteiger partial charge in [0.1, 0.15) is 0 Å². The molecule has 1 aliphatic heterocycles. The second kappa shape index (κ2) is 5.41. The zero-order valence-electron chi connectivity index (χ0n) is 10.7. The number of nitrogens with zero attached hydrogens (tertiary/aromatic N) is 1. The molecule has 98 valence electrons. The molecule has 1 heterocycles. The molecule has 1 atom stereocenters. The largest absolute Gasteiger partial charge is 0.332 e. The molecule has 1 aliphatic rings. The van der Waals surface area contributed by atoms with Crippen molar-refractivity contribution in [1.82, 2.24) is 4.90 Å². The molecule has 0 saturated carbocycles. The lowest BCUT2D eigenvalue weighted by atomic mass is 9.88. The van der Waals surface area contributed by atoms with Gasteiger partial charge in [-0.2, -0.15) is 0 Å². The van der Waals surface area contributed by atoms with Gasteiger partial charge in [-0.05, 0) is 54.2 Å². The molecule has 0 spiro atoms. The quantitative estimate of drug-likeness (QED) is 0.913. The van der Waals surface area contributed by atoms with Gasteiger partial charge in [-0.3, -0.25) is 4.79 Å². The summed E-state index contributed by atoms with van der Waals surface area (Å²) in [5.41, 5.74) is 6.39. The summed E-state index contributed by atoms with van der Waals surface area (Å²) in [4.78, 5) is 14.6. The van der Waals surface area contributed by atoms with Crippen LogP contribution in [0.2, 0.25) is 0 Å². The second-order valence-electron chi connectivity index (χ2n) is 5.09. The fourth-order valence-electron chi connectivity index (χ4n) is 2.52. The van der Waals surface area contributed by atoms with Gasteiger partial charge in [0.2, 0.25) is 0 Å². The van der Waals surface area contributed by atoms with Crippen LogP contribution in [0.25, 0.3) is 0 Å². The number of carbonyl (C=O) groups is 1. The zero-order valence-corrected chi connectivity index (χ0v) is 12.2. The molecular weight excluding hydrogens is 292 g/mol. The first-order valence-electron chi connectivity index (χ1n) is 6.35. The van der Waals surface area contributed by atoms with Crippen LogP contribution in [0.1, 0.15) is 36.5 Å². The molecule has 1 aromatic carbocycles. The van der Waals surface area contributed by atoms with E-state index in [0.717, 1.165) is 35.8 Å². The summed E-state index contributed by atoms with van der Waals surface area (Å²) >= 11 is 3.44. The van der Waals surface area contributed by atoms with Gasteiger partial charge in [0.15, 0.2) is 0 Å². The maximum atomic E-state index is 12.6. The van der Waals surface area contributed by atoms with Crippen LogP contribution in [-0.4, -0.2) is 29.4 Å². The van der Waals surface area contributed by atoms with E-state index < -0.39 is 0 Å². The maximum Gasteiger partial charge on any atom is 0.255 e. The van der Waals surface area contributed by atoms with Crippen LogP contribution in [-0.2, 0) is 0 Å². The Morgan fingerprint density at radius 1 is 1.44 bits per heavy atom. The van der Waals surface area contributed by atoms with Crippen molar-refractivity contribution in [3.05, 3.63) is 34.3 Å². The smallest absolute Gasteiger partial charge is 0.255 e. The van der Waals surface area contributed by atoms with E-state index in [1.807, 2.05) is 29.2 Å². The van der Waals surface area contributed by atoms with E-state index in [1.54, 1.807) is 0 Å². The first-order chi connectivity index (χ1) is 8.58. The summed E-state index contributed by atoms with van der Waals surface area (Å²) in [5.74, 6) is 0.0788. The molecule has 1 fully saturated rings. The fourth-order valence-corrected chi connectivity index (χ4v) is 2.97. The molecule has 18 heavy (non-hydrogen) atoms. The van der Waals surface area contributed by atoms with Gasteiger partial charge in [-0.1, -0.05) is 12.1 Å². The van der Waals surface area contributed by atoms with Crippen molar-refractivity contribution >= 4 is 21.8 Å². The number of hydrogen-bond acceptors (Lipinski definition) is 2. The van der Waals surface area contributed by atoms with E-state index in [-0.39, 0.29) is 11.4 Å². The van der Waals surface area contributed by atoms with Gasteiger partial charge in [-0.15, -0.1) is 0 Å². The van der Waals surface area contributed by atoms with Crippen molar-refractivity contribution in [2.75, 3.05) is 13.1 Å². The summed E-state index contributed by atoms with van der Waals surface area (Å²) in [5, 5.41) is 0. The fraction of sp³-hybridized carbons (Fsp3) is 0.500. The Balaban J connectivity index is 2.30. The minimum atomic E-state index is -0.204. The van der Waals surface area contributed by atoms with Crippen molar-refractivity contribution in [1.29, 1.82) is 0 Å². The highest BCUT2D eigenvalue weighted by molar-refractivity contribution is 9.10. The molecule has 1 saturated heterocycles. The van der Waals surface area contributed by atoms with E-state index >= 15 is 0 Å². The Kier molecular flexibility index (Phi) is 4.07. The summed E-state index contributed by atoms with van der Waals surface area (Å²) < 4.78 is 0.847. The summed E-state index contributed by atoms with van der Waals surface area (Å²) in [6.07, 6.45) is 3.19. The molecule has 2 N–H and O–H groups in total. The molecule has 1 aromatic rings. The third-order valence-corrected chi connectivity index (χ3v) is 4.48. The Bertz CT molecular complexity index is 449. The highest BCUT2D eigenvalue weighted by Gasteiger charge is 2.36. The van der Waals surface area contributed by atoms with Crippen LogP contribution in [0.15, 0.2) is 28.7 Å². The molecule has 0 bridgehead atoms. The van der Waals surface area contributed by atoms with Crippen LogP contribution >= 0.6 is 15.9 Å². The number of carbonyl (C=O) groups excluding carboxylic acids is 1. The number of amides is 1. The predicted octanol–water partition coefficient (Wildman–Crippen LogP) is 2.79. The van der Waals surface area contributed by atoms with Crippen LogP contribution in [0.3, 0.4) is 0 Å². The lowest BCUT2D eigenvalue weighted by Crippen LogP contribution is -2.56. The Labute approximate surface area is 116 Å². The topological polar surface area (TPSA) is 46.3 Å². The normalized spacial score (nSPS) is 24.1. The van der Waals surface area contributed by atoms with Crippen molar-refractivity contribution in [3.8, 4) is 0 Å². The highest BCUT2D eigenvalue weighted by atomic mass is 79.9. The molecule has 1 unspecified atom stereocenters. The van der Waals surface area contributed by atoms with Gasteiger partial charge in [0.05, 0.1) is 11.1 Å². The lowest BCUT2D eigenvalue weighted by molar-refractivity contribution is 0.0402. The first kappa shape index (κ1) is 13.6. The third-order valence-electron chi connectivity index (χ3n) is 3.79. The molecule has 3 nitrogen and oxygen atoms in total. The number of likely N-dealkylation sites (tertiary alicyclic amines) is 1. The molecule has 0 radical (unpaired) electrons. The number of rotatable bonds is 2. The summed E-state index contributed by atoms with van der Waals surface area (Å²) in [7, 11) is 0. The number of piperidine rings is 1. The summed E-state index contributed by atoms with van der Waals surface area (Å²) in [6.45, 7) is 3.40. The third kappa shape index (κ3) is 2.45. The zero-order chi connectivity index (χ0) is 13.2. The van der Waals surface area contributed by atoms with Crippen LogP contribution in [0.4, 0.5) is 0 Å². The number of hydrogen-bond donors (Lipinski definition) is 1. The van der Waals surface area contributed by atoms with Crippen molar-refractivity contribution in [2.24, 2.45) is 5.73 Å². The van der Waals surface area contributed by atoms with E-state index in [9.17, 15) is 4.79 Å². The molecule has 0 aromatic heterocycles. The minimum Gasteiger partial charge on any atom is -0.332 e. The Morgan fingerprint density at radius 3 is 2.83 bits per heavy atom. The highest BCUT2D eigenvalue weighted by Crippen LogP contribution is 2.30. The predicted molar refractivity (Wildman–Crippen MR) is 76.5 cm³/mol. The number of halogens is 1. The SMILES string of the molecule is CC1(CN)CCCCN1C(=O)c1ccccc1Br. The van der Waals surface area contributed by atoms with Gasteiger partial charge in [-0.25, -0.2) is 0 Å². The Hall–Kier alpha value is -0.870. The lowest BCUT2D eigenvalue weighted by Gasteiger charge is -2.44. The van der Waals surface area contributed by atoms with Crippen molar-refractivity contribution in [2.45, 2.75) is 31.7 Å². The Morgan fingerprint density at radius 2 is 2.17 bits per heavy atom. The second-order valence-corrected chi connectivity index (χ2v) is 5.95. The summed E-state index contributed by atoms with van der Waals surface area (Å²) in [6, 6.07) is 7.57.